The number of alkyl carbamates (subject to hydrolysis) is 2. The lowest BCUT2D eigenvalue weighted by molar-refractivity contribution is -0.138. The van der Waals surface area contributed by atoms with E-state index in [-0.39, 0.29) is 0 Å². The van der Waals surface area contributed by atoms with E-state index in [9.17, 15) is 19.2 Å². The molecule has 58 heavy (non-hydrogen) atoms. The summed E-state index contributed by atoms with van der Waals surface area (Å²) in [5.74, 6) is 0.110. The lowest BCUT2D eigenvalue weighted by Crippen LogP contribution is -2.56. The molecule has 4 amide bonds. The number of methoxy groups -OCH3 is 2. The number of likely N-dealkylation sites (tertiary alicyclic amines) is 2. The van der Waals surface area contributed by atoms with Crippen LogP contribution < -0.4 is 10.6 Å². The number of halogens is 2. The average Bonchev–Trinajstić information content (AvgIpc) is 4.02. The zero-order valence-corrected chi connectivity index (χ0v) is 33.3. The van der Waals surface area contributed by atoms with Crippen LogP contribution in [0.4, 0.5) is 18.4 Å². The number of aromatic amines is 2. The molecule has 0 saturated carbocycles. The van der Waals surface area contributed by atoms with Gasteiger partial charge >= 0.3 is 12.2 Å². The molecule has 0 bridgehead atoms. The maximum absolute atomic E-state index is 15.1. The lowest BCUT2D eigenvalue weighted by Gasteiger charge is -2.32. The highest BCUT2D eigenvalue weighted by Gasteiger charge is 2.45. The minimum absolute atomic E-state index is 0.403. The van der Waals surface area contributed by atoms with Gasteiger partial charge in [0.1, 0.15) is 35.1 Å². The first kappa shape index (κ1) is 40.1. The van der Waals surface area contributed by atoms with E-state index in [0.717, 1.165) is 58.5 Å². The molecule has 0 spiro atoms. The smallest absolute Gasteiger partial charge is 0.407 e. The van der Waals surface area contributed by atoms with Crippen molar-refractivity contribution in [2.75, 3.05) is 27.3 Å². The van der Waals surface area contributed by atoms with Crippen LogP contribution in [-0.2, 0) is 19.1 Å². The number of H-pyrrole nitrogens is 2. The Kier molecular flexibility index (Phi) is 10.9. The molecule has 4 N–H and O–H groups in total. The Hall–Kier alpha value is -6.06. The third-order valence-corrected chi connectivity index (χ3v) is 11.0. The van der Waals surface area contributed by atoms with Crippen molar-refractivity contribution in [3.05, 3.63) is 72.3 Å². The molecule has 306 valence electrons. The van der Waals surface area contributed by atoms with Gasteiger partial charge in [0.2, 0.25) is 11.8 Å². The highest BCUT2D eigenvalue weighted by molar-refractivity contribution is 5.89. The first-order chi connectivity index (χ1) is 27.5. The number of hydrogen-bond donors (Lipinski definition) is 4. The van der Waals surface area contributed by atoms with Crippen molar-refractivity contribution < 1.29 is 37.4 Å². The third-order valence-electron chi connectivity index (χ3n) is 11.0. The number of ether oxygens (including phenoxy) is 2. The van der Waals surface area contributed by atoms with E-state index in [2.05, 4.69) is 30.1 Å². The predicted molar refractivity (Wildman–Crippen MR) is 213 cm³/mol. The summed E-state index contributed by atoms with van der Waals surface area (Å²) in [5.41, 5.74) is 2.86. The topological polar surface area (TPSA) is 175 Å². The van der Waals surface area contributed by atoms with Crippen LogP contribution in [0.3, 0.4) is 0 Å². The molecule has 7 rings (SSSR count). The second-order valence-corrected chi connectivity index (χ2v) is 15.9. The number of hydrogen-bond acceptors (Lipinski definition) is 8. The van der Waals surface area contributed by atoms with Gasteiger partial charge in [-0.05, 0) is 99.9 Å². The van der Waals surface area contributed by atoms with Gasteiger partial charge < -0.3 is 39.9 Å². The first-order valence-corrected chi connectivity index (χ1v) is 19.3. The number of benzene rings is 3. The van der Waals surface area contributed by atoms with E-state index in [4.69, 9.17) is 9.97 Å². The van der Waals surface area contributed by atoms with E-state index in [1.54, 1.807) is 9.80 Å². The third kappa shape index (κ3) is 8.04. The SMILES string of the molecule is COC(=O)NC(C(=O)N1CCC[C@H]1c1nc2ccc(-c3ccc(-c4ccc5nc([C@@H]6CCCN6C(=O)[C@@H](NC(=O)OC)C(C)(C)F)[nH]c5c4)cc3)cc2[nH]1)C(C)(C)F. The van der Waals surface area contributed by atoms with Crippen molar-refractivity contribution in [2.24, 2.45) is 0 Å². The van der Waals surface area contributed by atoms with Gasteiger partial charge in [-0.15, -0.1) is 0 Å². The zero-order valence-electron chi connectivity index (χ0n) is 33.3. The molecule has 0 aliphatic carbocycles. The van der Waals surface area contributed by atoms with Crippen LogP contribution in [0.2, 0.25) is 0 Å². The summed E-state index contributed by atoms with van der Waals surface area (Å²) in [5, 5.41) is 4.72. The van der Waals surface area contributed by atoms with Crippen LogP contribution in [0.1, 0.15) is 77.1 Å². The van der Waals surface area contributed by atoms with Crippen molar-refractivity contribution in [1.29, 1.82) is 0 Å². The Balaban J connectivity index is 1.07. The molecular weight excluding hydrogens is 751 g/mol. The highest BCUT2D eigenvalue weighted by atomic mass is 19.1. The van der Waals surface area contributed by atoms with Gasteiger partial charge in [0.15, 0.2) is 0 Å². The van der Waals surface area contributed by atoms with Crippen LogP contribution in [0.15, 0.2) is 60.7 Å². The summed E-state index contributed by atoms with van der Waals surface area (Å²) < 4.78 is 39.6. The van der Waals surface area contributed by atoms with E-state index in [0.29, 0.717) is 50.4 Å². The quantitative estimate of drug-likeness (QED) is 0.116. The molecule has 0 radical (unpaired) electrons. The summed E-state index contributed by atoms with van der Waals surface area (Å²) in [6, 6.07) is 16.3. The summed E-state index contributed by atoms with van der Waals surface area (Å²) in [6.45, 7) is 5.80. The average molecular weight is 799 g/mol. The molecule has 1 unspecified atom stereocenters. The Morgan fingerprint density at radius 1 is 0.655 bits per heavy atom. The molecule has 2 fully saturated rings. The minimum Gasteiger partial charge on any atom is -0.453 e. The van der Waals surface area contributed by atoms with Crippen LogP contribution in [0.25, 0.3) is 44.3 Å². The maximum atomic E-state index is 15.1. The fraction of sp³-hybridized carbons (Fsp3) is 0.429. The number of rotatable bonds is 10. The molecule has 14 nitrogen and oxygen atoms in total. The Labute approximate surface area is 334 Å². The zero-order chi connectivity index (χ0) is 41.5. The summed E-state index contributed by atoms with van der Waals surface area (Å²) >= 11 is 0. The number of fused-ring (bicyclic) bond motifs is 2. The second-order valence-electron chi connectivity index (χ2n) is 15.9. The monoisotopic (exact) mass is 798 g/mol. The molecular formula is C42H48F2N8O6. The molecule has 4 heterocycles. The van der Waals surface area contributed by atoms with Gasteiger partial charge in [-0.1, -0.05) is 36.4 Å². The van der Waals surface area contributed by atoms with Crippen LogP contribution in [0, 0.1) is 0 Å². The van der Waals surface area contributed by atoms with Crippen molar-refractivity contribution in [2.45, 2.75) is 88.9 Å². The van der Waals surface area contributed by atoms with E-state index in [1.165, 1.54) is 27.7 Å². The van der Waals surface area contributed by atoms with Gasteiger partial charge in [0.05, 0.1) is 48.4 Å². The van der Waals surface area contributed by atoms with E-state index >= 15 is 8.78 Å². The number of imidazole rings is 2. The normalized spacial score (nSPS) is 18.3. The standard InChI is InChI=1S/C42H48F2N8O6/c1-41(2,43)33(49-39(55)57-5)37(53)51-19-7-9-31(51)35-45-27-17-15-25(21-29(27)47-35)23-11-13-24(14-12-23)26-16-18-28-30(22-26)48-36(46-28)32-10-8-20-52(32)38(54)34(42(3,4)44)50-40(56)58-6/h11-18,21-22,31-34H,7-10,19-20H2,1-6H3,(H,45,47)(H,46,48)(H,49,55)(H,50,56)/t31-,32-,33+,34?/m0/s1. The number of aromatic nitrogens is 4. The van der Waals surface area contributed by atoms with Gasteiger partial charge in [0, 0.05) is 13.1 Å². The molecule has 2 saturated heterocycles. The van der Waals surface area contributed by atoms with Crippen LogP contribution in [0.5, 0.6) is 0 Å². The Morgan fingerprint density at radius 3 is 1.36 bits per heavy atom. The van der Waals surface area contributed by atoms with Gasteiger partial charge in [-0.2, -0.15) is 0 Å². The number of carbonyl (C=O) groups is 4. The first-order valence-electron chi connectivity index (χ1n) is 19.3. The molecule has 3 aromatic carbocycles. The van der Waals surface area contributed by atoms with Crippen LogP contribution in [-0.4, -0.2) is 104 Å². The summed E-state index contributed by atoms with van der Waals surface area (Å²) in [7, 11) is 2.33. The fourth-order valence-electron chi connectivity index (χ4n) is 7.96. The molecule has 2 aliphatic rings. The van der Waals surface area contributed by atoms with Crippen molar-refractivity contribution >= 4 is 46.1 Å². The lowest BCUT2D eigenvalue weighted by atomic mass is 9.99. The Morgan fingerprint density at radius 2 is 1.02 bits per heavy atom. The second kappa shape index (κ2) is 15.7. The van der Waals surface area contributed by atoms with Gasteiger partial charge in [-0.3, -0.25) is 9.59 Å². The minimum atomic E-state index is -2.03. The Bertz CT molecular complexity index is 2180. The van der Waals surface area contributed by atoms with Crippen molar-refractivity contribution in [1.82, 2.24) is 40.4 Å². The fourth-order valence-corrected chi connectivity index (χ4v) is 7.96. The van der Waals surface area contributed by atoms with Gasteiger partial charge in [0.25, 0.3) is 0 Å². The molecule has 2 aliphatic heterocycles. The van der Waals surface area contributed by atoms with Crippen molar-refractivity contribution in [3.63, 3.8) is 0 Å². The maximum Gasteiger partial charge on any atom is 0.407 e. The predicted octanol–water partition coefficient (Wildman–Crippen LogP) is 7.05. The number of alkyl halides is 2. The summed E-state index contributed by atoms with van der Waals surface area (Å²) in [6.07, 6.45) is 0.917. The summed E-state index contributed by atoms with van der Waals surface area (Å²) in [4.78, 5) is 70.6. The van der Waals surface area contributed by atoms with Gasteiger partial charge in [-0.25, -0.2) is 28.3 Å². The van der Waals surface area contributed by atoms with E-state index < -0.39 is 59.5 Å². The number of carbonyl (C=O) groups excluding carboxylic acids is 4. The largest absolute Gasteiger partial charge is 0.453 e. The van der Waals surface area contributed by atoms with Crippen LogP contribution >= 0.6 is 0 Å². The van der Waals surface area contributed by atoms with E-state index in [1.807, 2.05) is 60.7 Å². The molecule has 2 aromatic heterocycles. The number of amides is 4. The molecule has 4 atom stereocenters. The highest BCUT2D eigenvalue weighted by Crippen LogP contribution is 2.36. The number of nitrogens with one attached hydrogen (secondary N) is 4. The molecule has 5 aromatic rings. The molecule has 16 heteroatoms. The van der Waals surface area contributed by atoms with Crippen molar-refractivity contribution in [3.8, 4) is 22.3 Å². The number of nitrogens with zero attached hydrogens (tertiary/aromatic N) is 4.